The third-order valence-corrected chi connectivity index (χ3v) is 3.07. The quantitative estimate of drug-likeness (QED) is 0.768. The molecule has 0 radical (unpaired) electrons. The van der Waals surface area contributed by atoms with Crippen LogP contribution in [0.25, 0.3) is 0 Å². The van der Waals surface area contributed by atoms with Crippen LogP contribution in [0.15, 0.2) is 18.3 Å². The van der Waals surface area contributed by atoms with Gasteiger partial charge in [-0.25, -0.2) is 4.98 Å². The summed E-state index contributed by atoms with van der Waals surface area (Å²) in [4.78, 5) is 15.9. The van der Waals surface area contributed by atoms with Crippen LogP contribution in [0.3, 0.4) is 0 Å². The van der Waals surface area contributed by atoms with E-state index in [0.717, 1.165) is 12.8 Å². The van der Waals surface area contributed by atoms with Crippen LogP contribution >= 0.6 is 0 Å². The van der Waals surface area contributed by atoms with Crippen molar-refractivity contribution >= 4 is 5.91 Å². The maximum Gasteiger partial charge on any atom is 0.270 e. The van der Waals surface area contributed by atoms with Crippen LogP contribution in [0.2, 0.25) is 0 Å². The highest BCUT2D eigenvalue weighted by Crippen LogP contribution is 2.22. The first-order valence-corrected chi connectivity index (χ1v) is 6.12. The first-order valence-electron chi connectivity index (χ1n) is 6.12. The number of hydrogen-bond acceptors (Lipinski definition) is 4. The third kappa shape index (κ3) is 3.53. The summed E-state index contributed by atoms with van der Waals surface area (Å²) in [6, 6.07) is 3.51. The van der Waals surface area contributed by atoms with E-state index in [-0.39, 0.29) is 24.7 Å². The number of rotatable bonds is 3. The first kappa shape index (κ1) is 13.5. The Balaban J connectivity index is 1.89. The molecule has 100 valence electrons. The Hall–Kier alpha value is -1.90. The van der Waals surface area contributed by atoms with Crippen LogP contribution < -0.4 is 5.32 Å². The van der Waals surface area contributed by atoms with Crippen LogP contribution in [0, 0.1) is 11.8 Å². The van der Waals surface area contributed by atoms with Gasteiger partial charge in [0.2, 0.25) is 0 Å². The molecule has 5 heteroatoms. The second-order valence-electron chi connectivity index (χ2n) is 4.39. The molecule has 0 aromatic carbocycles. The van der Waals surface area contributed by atoms with E-state index in [4.69, 9.17) is 9.84 Å². The molecule has 1 amide bonds. The number of amides is 1. The lowest BCUT2D eigenvalue weighted by Crippen LogP contribution is -2.47. The third-order valence-electron chi connectivity index (χ3n) is 3.07. The van der Waals surface area contributed by atoms with Gasteiger partial charge >= 0.3 is 0 Å². The predicted octanol–water partition coefficient (Wildman–Crippen LogP) is 0.333. The van der Waals surface area contributed by atoms with E-state index in [0.29, 0.717) is 11.3 Å². The lowest BCUT2D eigenvalue weighted by Gasteiger charge is -2.34. The highest BCUT2D eigenvalue weighted by molar-refractivity contribution is 5.92. The van der Waals surface area contributed by atoms with Crippen molar-refractivity contribution in [2.45, 2.75) is 25.0 Å². The van der Waals surface area contributed by atoms with Gasteiger partial charge in [-0.1, -0.05) is 11.8 Å². The molecule has 1 aliphatic rings. The van der Waals surface area contributed by atoms with E-state index in [9.17, 15) is 4.79 Å². The number of aliphatic hydroxyl groups excluding tert-OH is 1. The maximum atomic E-state index is 11.9. The fourth-order valence-electron chi connectivity index (χ4n) is 1.88. The number of carbonyl (C=O) groups is 1. The van der Waals surface area contributed by atoms with Gasteiger partial charge in [0, 0.05) is 24.9 Å². The predicted molar refractivity (Wildman–Crippen MR) is 69.5 cm³/mol. The molecule has 0 atom stereocenters. The van der Waals surface area contributed by atoms with E-state index in [1.54, 1.807) is 19.2 Å². The van der Waals surface area contributed by atoms with E-state index in [1.807, 2.05) is 0 Å². The molecule has 1 aromatic heterocycles. The Morgan fingerprint density at radius 3 is 2.95 bits per heavy atom. The molecular weight excluding hydrogens is 244 g/mol. The van der Waals surface area contributed by atoms with Crippen LogP contribution in [0.5, 0.6) is 0 Å². The van der Waals surface area contributed by atoms with Crippen molar-refractivity contribution in [3.8, 4) is 11.8 Å². The highest BCUT2D eigenvalue weighted by atomic mass is 16.5. The molecule has 1 heterocycles. The van der Waals surface area contributed by atoms with Gasteiger partial charge < -0.3 is 15.2 Å². The molecule has 2 rings (SSSR count). The monoisotopic (exact) mass is 260 g/mol. The molecule has 1 aromatic rings. The molecule has 1 saturated carbocycles. The van der Waals surface area contributed by atoms with Crippen LogP contribution in [0.4, 0.5) is 0 Å². The minimum atomic E-state index is -0.190. The van der Waals surface area contributed by atoms with Crippen molar-refractivity contribution in [2.75, 3.05) is 13.7 Å². The van der Waals surface area contributed by atoms with Gasteiger partial charge in [-0.2, -0.15) is 0 Å². The molecule has 2 N–H and O–H groups in total. The Morgan fingerprint density at radius 1 is 1.58 bits per heavy atom. The van der Waals surface area contributed by atoms with Gasteiger partial charge in [-0.15, -0.1) is 0 Å². The molecule has 0 unspecified atom stereocenters. The average molecular weight is 260 g/mol. The van der Waals surface area contributed by atoms with Gasteiger partial charge in [0.15, 0.2) is 0 Å². The molecule has 0 aliphatic heterocycles. The first-order chi connectivity index (χ1) is 9.22. The van der Waals surface area contributed by atoms with Gasteiger partial charge in [-0.3, -0.25) is 4.79 Å². The number of carbonyl (C=O) groups excluding carboxylic acids is 1. The van der Waals surface area contributed by atoms with Gasteiger partial charge in [0.05, 0.1) is 6.10 Å². The SMILES string of the molecule is COC1CC(NC(=O)c2ccc(C#CCO)cn2)C1. The zero-order valence-corrected chi connectivity index (χ0v) is 10.7. The number of nitrogens with one attached hydrogen (secondary N) is 1. The second-order valence-corrected chi connectivity index (χ2v) is 4.39. The smallest absolute Gasteiger partial charge is 0.270 e. The molecule has 0 spiro atoms. The zero-order chi connectivity index (χ0) is 13.7. The number of hydrogen-bond donors (Lipinski definition) is 2. The Kier molecular flexibility index (Phi) is 4.50. The van der Waals surface area contributed by atoms with Crippen molar-refractivity contribution in [3.63, 3.8) is 0 Å². The molecule has 0 bridgehead atoms. The topological polar surface area (TPSA) is 71.5 Å². The summed E-state index contributed by atoms with van der Waals surface area (Å²) in [5.74, 6) is 5.07. The Bertz CT molecular complexity index is 496. The van der Waals surface area contributed by atoms with Crippen molar-refractivity contribution < 1.29 is 14.6 Å². The van der Waals surface area contributed by atoms with Crippen LogP contribution in [-0.2, 0) is 4.74 Å². The van der Waals surface area contributed by atoms with Gasteiger partial charge in [0.25, 0.3) is 5.91 Å². The van der Waals surface area contributed by atoms with Gasteiger partial charge in [-0.05, 0) is 25.0 Å². The largest absolute Gasteiger partial charge is 0.384 e. The standard InChI is InChI=1S/C14H16N2O3/c1-19-12-7-11(8-12)16-14(18)13-5-4-10(9-15-13)3-2-6-17/h4-5,9,11-12,17H,6-8H2,1H3,(H,16,18). The molecule has 0 saturated heterocycles. The highest BCUT2D eigenvalue weighted by Gasteiger charge is 2.30. The lowest BCUT2D eigenvalue weighted by molar-refractivity contribution is 0.0175. The molecule has 1 aliphatic carbocycles. The van der Waals surface area contributed by atoms with Crippen molar-refractivity contribution in [1.82, 2.24) is 10.3 Å². The fourth-order valence-corrected chi connectivity index (χ4v) is 1.88. The average Bonchev–Trinajstić information content (AvgIpc) is 2.40. The number of aromatic nitrogens is 1. The van der Waals surface area contributed by atoms with Crippen LogP contribution in [0.1, 0.15) is 28.9 Å². The van der Waals surface area contributed by atoms with E-state index >= 15 is 0 Å². The molecular formula is C14H16N2O3. The lowest BCUT2D eigenvalue weighted by atomic mass is 9.89. The van der Waals surface area contributed by atoms with Crippen molar-refractivity contribution in [1.29, 1.82) is 0 Å². The van der Waals surface area contributed by atoms with Crippen LogP contribution in [-0.4, -0.2) is 41.9 Å². The minimum Gasteiger partial charge on any atom is -0.384 e. The normalized spacial score (nSPS) is 20.9. The number of aliphatic hydroxyl groups is 1. The minimum absolute atomic E-state index is 0.174. The summed E-state index contributed by atoms with van der Waals surface area (Å²) in [7, 11) is 1.68. The summed E-state index contributed by atoms with van der Waals surface area (Å²) in [6.45, 7) is -0.190. The summed E-state index contributed by atoms with van der Waals surface area (Å²) in [5, 5.41) is 11.5. The summed E-state index contributed by atoms with van der Waals surface area (Å²) < 4.78 is 5.15. The second kappa shape index (κ2) is 6.32. The van der Waals surface area contributed by atoms with Crippen molar-refractivity contribution in [2.24, 2.45) is 0 Å². The number of methoxy groups -OCH3 is 1. The number of nitrogens with zero attached hydrogens (tertiary/aromatic N) is 1. The van der Waals surface area contributed by atoms with Crippen molar-refractivity contribution in [3.05, 3.63) is 29.6 Å². The fraction of sp³-hybridized carbons (Fsp3) is 0.429. The number of pyridine rings is 1. The summed E-state index contributed by atoms with van der Waals surface area (Å²) in [5.41, 5.74) is 1.05. The maximum absolute atomic E-state index is 11.9. The van der Waals surface area contributed by atoms with E-state index < -0.39 is 0 Å². The zero-order valence-electron chi connectivity index (χ0n) is 10.7. The Morgan fingerprint density at radius 2 is 2.37 bits per heavy atom. The molecule has 19 heavy (non-hydrogen) atoms. The molecule has 1 fully saturated rings. The van der Waals surface area contributed by atoms with E-state index in [2.05, 4.69) is 22.1 Å². The molecule has 5 nitrogen and oxygen atoms in total. The van der Waals surface area contributed by atoms with E-state index in [1.165, 1.54) is 6.20 Å². The summed E-state index contributed by atoms with van der Waals surface area (Å²) >= 11 is 0. The number of ether oxygens (including phenoxy) is 1. The Labute approximate surface area is 112 Å². The van der Waals surface area contributed by atoms with Gasteiger partial charge in [0.1, 0.15) is 12.3 Å². The summed E-state index contributed by atoms with van der Waals surface area (Å²) in [6.07, 6.45) is 3.48.